The summed E-state index contributed by atoms with van der Waals surface area (Å²) in [6.07, 6.45) is -0.799. The minimum atomic E-state index is -0.652. The van der Waals surface area contributed by atoms with Crippen LogP contribution in [0.5, 0.6) is 0 Å². The fourth-order valence-electron chi connectivity index (χ4n) is 3.20. The molecule has 0 spiro atoms. The van der Waals surface area contributed by atoms with Gasteiger partial charge in [-0.05, 0) is 25.5 Å². The van der Waals surface area contributed by atoms with Crippen molar-refractivity contribution in [2.45, 2.75) is 32.5 Å². The molecule has 0 unspecified atom stereocenters. The van der Waals surface area contributed by atoms with Crippen molar-refractivity contribution in [2.24, 2.45) is 0 Å². The van der Waals surface area contributed by atoms with Crippen molar-refractivity contribution in [2.75, 3.05) is 19.7 Å². The number of nitrogens with one attached hydrogen (secondary N) is 1. The molecule has 0 saturated carbocycles. The molecule has 124 valence electrons. The van der Waals surface area contributed by atoms with E-state index < -0.39 is 6.10 Å². The van der Waals surface area contributed by atoms with E-state index in [2.05, 4.69) is 4.98 Å². The third-order valence-electron chi connectivity index (χ3n) is 4.40. The summed E-state index contributed by atoms with van der Waals surface area (Å²) in [6.45, 7) is 4.87. The summed E-state index contributed by atoms with van der Waals surface area (Å²) in [5.41, 5.74) is 2.03. The number of aliphatic hydroxyl groups excluding tert-OH is 1. The predicted octanol–water partition coefficient (Wildman–Crippen LogP) is 1.77. The first-order valence-electron chi connectivity index (χ1n) is 7.84. The Morgan fingerprint density at radius 3 is 3.00 bits per heavy atom. The standard InChI is InChI=1S/C17H21FN2O3/c1-3-23-15-9-20(8-14(15)21)16(22)7-12-10(2)19-17-11(12)5-4-6-13(17)18/h4-6,14-15,19,21H,3,7-9H2,1-2H3/t14-,15-/m1/s1. The molecule has 1 amide bonds. The summed E-state index contributed by atoms with van der Waals surface area (Å²) in [7, 11) is 0. The molecular weight excluding hydrogens is 299 g/mol. The molecule has 2 heterocycles. The number of β-amino-alcohol motifs (C(OH)–C–C–N with tert-alkyl or cyclic N) is 1. The summed E-state index contributed by atoms with van der Waals surface area (Å²) >= 11 is 0. The Bertz CT molecular complexity index is 728. The average molecular weight is 320 g/mol. The molecule has 1 aliphatic heterocycles. The number of likely N-dealkylation sites (tertiary alicyclic amines) is 1. The van der Waals surface area contributed by atoms with Gasteiger partial charge in [0, 0.05) is 30.8 Å². The molecule has 1 aromatic heterocycles. The fraction of sp³-hybridized carbons (Fsp3) is 0.471. The molecule has 1 fully saturated rings. The van der Waals surface area contributed by atoms with Crippen molar-refractivity contribution in [1.29, 1.82) is 0 Å². The van der Waals surface area contributed by atoms with Crippen LogP contribution in [-0.2, 0) is 16.0 Å². The van der Waals surface area contributed by atoms with E-state index in [1.165, 1.54) is 6.07 Å². The Labute approximate surface area is 134 Å². The molecule has 0 bridgehead atoms. The number of carbonyl (C=O) groups excluding carboxylic acids is 1. The quantitative estimate of drug-likeness (QED) is 0.902. The first kappa shape index (κ1) is 16.0. The highest BCUT2D eigenvalue weighted by molar-refractivity contribution is 5.90. The number of para-hydroxylation sites is 1. The number of ether oxygens (including phenoxy) is 1. The van der Waals surface area contributed by atoms with Crippen LogP contribution >= 0.6 is 0 Å². The Morgan fingerprint density at radius 2 is 2.26 bits per heavy atom. The third kappa shape index (κ3) is 2.96. The van der Waals surface area contributed by atoms with Crippen molar-refractivity contribution in [3.05, 3.63) is 35.3 Å². The lowest BCUT2D eigenvalue weighted by Gasteiger charge is -2.16. The van der Waals surface area contributed by atoms with E-state index in [0.717, 1.165) is 16.6 Å². The van der Waals surface area contributed by atoms with Gasteiger partial charge in [0.15, 0.2) is 0 Å². The maximum Gasteiger partial charge on any atom is 0.227 e. The molecular formula is C17H21FN2O3. The van der Waals surface area contributed by atoms with E-state index in [0.29, 0.717) is 18.7 Å². The van der Waals surface area contributed by atoms with Gasteiger partial charge in [0.05, 0.1) is 18.0 Å². The lowest BCUT2D eigenvalue weighted by atomic mass is 10.1. The first-order chi connectivity index (χ1) is 11.0. The molecule has 3 rings (SSSR count). The molecule has 0 aliphatic carbocycles. The van der Waals surface area contributed by atoms with Crippen LogP contribution in [0.15, 0.2) is 18.2 Å². The smallest absolute Gasteiger partial charge is 0.227 e. The second kappa shape index (κ2) is 6.29. The van der Waals surface area contributed by atoms with Gasteiger partial charge in [-0.2, -0.15) is 0 Å². The van der Waals surface area contributed by atoms with Gasteiger partial charge in [-0.3, -0.25) is 4.79 Å². The van der Waals surface area contributed by atoms with Crippen molar-refractivity contribution in [3.63, 3.8) is 0 Å². The number of hydrogen-bond acceptors (Lipinski definition) is 3. The number of H-pyrrole nitrogens is 1. The maximum atomic E-state index is 13.8. The summed E-state index contributed by atoms with van der Waals surface area (Å²) in [5.74, 6) is -0.406. The Balaban J connectivity index is 1.79. The molecule has 0 radical (unpaired) electrons. The Kier molecular flexibility index (Phi) is 4.37. The largest absolute Gasteiger partial charge is 0.388 e. The second-order valence-corrected chi connectivity index (χ2v) is 5.93. The summed E-state index contributed by atoms with van der Waals surface area (Å²) in [6, 6.07) is 4.85. The number of hydrogen-bond donors (Lipinski definition) is 2. The van der Waals surface area contributed by atoms with Gasteiger partial charge in [0.1, 0.15) is 11.9 Å². The van der Waals surface area contributed by atoms with Crippen LogP contribution in [0.25, 0.3) is 10.9 Å². The topological polar surface area (TPSA) is 65.6 Å². The van der Waals surface area contributed by atoms with Crippen molar-refractivity contribution >= 4 is 16.8 Å². The highest BCUT2D eigenvalue weighted by Crippen LogP contribution is 2.25. The molecule has 1 aliphatic rings. The number of halogens is 1. The molecule has 2 N–H and O–H groups in total. The van der Waals surface area contributed by atoms with Crippen molar-refractivity contribution < 1.29 is 19.0 Å². The van der Waals surface area contributed by atoms with Crippen LogP contribution in [0.3, 0.4) is 0 Å². The molecule has 2 atom stereocenters. The number of aromatic amines is 1. The number of aryl methyl sites for hydroxylation is 1. The predicted molar refractivity (Wildman–Crippen MR) is 84.7 cm³/mol. The van der Waals surface area contributed by atoms with Crippen LogP contribution in [-0.4, -0.2) is 52.8 Å². The van der Waals surface area contributed by atoms with Crippen LogP contribution in [0, 0.1) is 12.7 Å². The second-order valence-electron chi connectivity index (χ2n) is 5.93. The highest BCUT2D eigenvalue weighted by Gasteiger charge is 2.34. The lowest BCUT2D eigenvalue weighted by Crippen LogP contribution is -2.31. The Hall–Kier alpha value is -1.92. The number of rotatable bonds is 4. The molecule has 1 aromatic carbocycles. The zero-order valence-electron chi connectivity index (χ0n) is 13.3. The van der Waals surface area contributed by atoms with Gasteiger partial charge >= 0.3 is 0 Å². The fourth-order valence-corrected chi connectivity index (χ4v) is 3.20. The van der Waals surface area contributed by atoms with E-state index in [9.17, 15) is 14.3 Å². The number of nitrogens with zero attached hydrogens (tertiary/aromatic N) is 1. The van der Waals surface area contributed by atoms with Gasteiger partial charge < -0.3 is 19.7 Å². The molecule has 2 aromatic rings. The zero-order valence-corrected chi connectivity index (χ0v) is 13.3. The monoisotopic (exact) mass is 320 g/mol. The summed E-state index contributed by atoms with van der Waals surface area (Å²) in [5, 5.41) is 10.7. The van der Waals surface area contributed by atoms with E-state index in [4.69, 9.17) is 4.74 Å². The molecule has 23 heavy (non-hydrogen) atoms. The number of carbonyl (C=O) groups is 1. The SMILES string of the molecule is CCO[C@@H]1CN(C(=O)Cc2c(C)[nH]c3c(F)cccc23)C[C@H]1O. The van der Waals surface area contributed by atoms with Crippen LogP contribution < -0.4 is 0 Å². The number of fused-ring (bicyclic) bond motifs is 1. The Morgan fingerprint density at radius 1 is 1.48 bits per heavy atom. The van der Waals surface area contributed by atoms with Gasteiger partial charge in [-0.1, -0.05) is 12.1 Å². The molecule has 5 nitrogen and oxygen atoms in total. The summed E-state index contributed by atoms with van der Waals surface area (Å²) in [4.78, 5) is 17.2. The molecule has 6 heteroatoms. The third-order valence-corrected chi connectivity index (χ3v) is 4.40. The van der Waals surface area contributed by atoms with E-state index in [1.54, 1.807) is 11.0 Å². The molecule has 1 saturated heterocycles. The van der Waals surface area contributed by atoms with Gasteiger partial charge in [-0.25, -0.2) is 4.39 Å². The summed E-state index contributed by atoms with van der Waals surface area (Å²) < 4.78 is 19.3. The van der Waals surface area contributed by atoms with Gasteiger partial charge in [0.25, 0.3) is 0 Å². The normalized spacial score (nSPS) is 21.3. The van der Waals surface area contributed by atoms with Crippen LogP contribution in [0.4, 0.5) is 4.39 Å². The van der Waals surface area contributed by atoms with E-state index in [-0.39, 0.29) is 30.8 Å². The van der Waals surface area contributed by atoms with Gasteiger partial charge in [-0.15, -0.1) is 0 Å². The number of benzene rings is 1. The van der Waals surface area contributed by atoms with E-state index in [1.807, 2.05) is 19.9 Å². The number of aliphatic hydroxyl groups is 1. The van der Waals surface area contributed by atoms with E-state index >= 15 is 0 Å². The van der Waals surface area contributed by atoms with Crippen LogP contribution in [0.1, 0.15) is 18.2 Å². The van der Waals surface area contributed by atoms with Crippen molar-refractivity contribution in [1.82, 2.24) is 9.88 Å². The number of aromatic nitrogens is 1. The lowest BCUT2D eigenvalue weighted by molar-refractivity contribution is -0.130. The minimum absolute atomic E-state index is 0.0838. The average Bonchev–Trinajstić information content (AvgIpc) is 3.03. The zero-order chi connectivity index (χ0) is 16.6. The van der Waals surface area contributed by atoms with Gasteiger partial charge in [0.2, 0.25) is 5.91 Å². The number of amides is 1. The first-order valence-corrected chi connectivity index (χ1v) is 7.84. The minimum Gasteiger partial charge on any atom is -0.388 e. The maximum absolute atomic E-state index is 13.8. The van der Waals surface area contributed by atoms with Crippen LogP contribution in [0.2, 0.25) is 0 Å². The van der Waals surface area contributed by atoms with Crippen molar-refractivity contribution in [3.8, 4) is 0 Å². The highest BCUT2D eigenvalue weighted by atomic mass is 19.1.